The molecule has 0 aliphatic carbocycles. The topological polar surface area (TPSA) is 151 Å². The highest BCUT2D eigenvalue weighted by Crippen LogP contribution is 2.26. The van der Waals surface area contributed by atoms with Crippen LogP contribution in [0.4, 0.5) is 5.95 Å². The van der Waals surface area contributed by atoms with Crippen LogP contribution in [-0.2, 0) is 16.6 Å². The van der Waals surface area contributed by atoms with Crippen LogP contribution in [0.15, 0.2) is 41.2 Å². The van der Waals surface area contributed by atoms with Gasteiger partial charge >= 0.3 is 0 Å². The van der Waals surface area contributed by atoms with E-state index in [4.69, 9.17) is 20.9 Å². The molecule has 4 aromatic rings. The van der Waals surface area contributed by atoms with E-state index >= 15 is 0 Å². The van der Waals surface area contributed by atoms with Gasteiger partial charge in [0.05, 0.1) is 29.6 Å². The van der Waals surface area contributed by atoms with Crippen LogP contribution in [0.3, 0.4) is 0 Å². The third-order valence-electron chi connectivity index (χ3n) is 5.38. The number of aryl methyl sites for hydroxylation is 1. The van der Waals surface area contributed by atoms with Gasteiger partial charge in [0, 0.05) is 30.4 Å². The number of pyridine rings is 1. The third-order valence-corrected chi connectivity index (χ3v) is 7.43. The van der Waals surface area contributed by atoms with Gasteiger partial charge in [-0.1, -0.05) is 29.7 Å². The van der Waals surface area contributed by atoms with Gasteiger partial charge < -0.3 is 9.26 Å². The van der Waals surface area contributed by atoms with Crippen molar-refractivity contribution in [1.82, 2.24) is 34.9 Å². The SMILES string of the molecule is COc1cccc(-c2nnc(NS(=O)(=O)[C@@H](C)[C@H](C)c3ncc(Cl)cn3)n2Cc2cc(C)no2)n1. The van der Waals surface area contributed by atoms with E-state index in [0.717, 1.165) is 0 Å². The first-order valence-electron chi connectivity index (χ1n) is 10.5. The Morgan fingerprint density at radius 3 is 2.60 bits per heavy atom. The predicted molar refractivity (Wildman–Crippen MR) is 128 cm³/mol. The zero-order valence-electron chi connectivity index (χ0n) is 19.4. The van der Waals surface area contributed by atoms with Crippen LogP contribution in [0.2, 0.25) is 5.02 Å². The van der Waals surface area contributed by atoms with Crippen LogP contribution in [0, 0.1) is 6.92 Å². The monoisotopic (exact) mass is 518 g/mol. The van der Waals surface area contributed by atoms with Gasteiger partial charge in [-0.25, -0.2) is 23.4 Å². The molecular formula is C21H23ClN8O4S. The molecule has 14 heteroatoms. The summed E-state index contributed by atoms with van der Waals surface area (Å²) in [6.07, 6.45) is 2.85. The molecule has 0 saturated heterocycles. The van der Waals surface area contributed by atoms with Gasteiger partial charge in [0.1, 0.15) is 11.5 Å². The van der Waals surface area contributed by atoms with Crippen LogP contribution in [0.5, 0.6) is 5.88 Å². The van der Waals surface area contributed by atoms with Crippen LogP contribution in [0.25, 0.3) is 11.5 Å². The fourth-order valence-electron chi connectivity index (χ4n) is 3.27. The lowest BCUT2D eigenvalue weighted by Gasteiger charge is -2.20. The molecule has 2 atom stereocenters. The maximum atomic E-state index is 13.3. The molecule has 4 heterocycles. The van der Waals surface area contributed by atoms with Crippen molar-refractivity contribution in [3.63, 3.8) is 0 Å². The Morgan fingerprint density at radius 1 is 1.20 bits per heavy atom. The minimum Gasteiger partial charge on any atom is -0.481 e. The molecule has 0 bridgehead atoms. The highest BCUT2D eigenvalue weighted by atomic mass is 35.5. The maximum Gasteiger partial charge on any atom is 0.239 e. The van der Waals surface area contributed by atoms with E-state index in [9.17, 15) is 8.42 Å². The van der Waals surface area contributed by atoms with Gasteiger partial charge in [0.2, 0.25) is 21.9 Å². The maximum absolute atomic E-state index is 13.3. The number of ether oxygens (including phenoxy) is 1. The number of nitrogens with zero attached hydrogens (tertiary/aromatic N) is 7. The first-order valence-corrected chi connectivity index (χ1v) is 12.5. The molecule has 0 aliphatic rings. The molecule has 0 aromatic carbocycles. The minimum absolute atomic E-state index is 0.00486. The van der Waals surface area contributed by atoms with E-state index < -0.39 is 21.2 Å². The summed E-state index contributed by atoms with van der Waals surface area (Å²) in [6.45, 7) is 5.19. The Morgan fingerprint density at radius 2 is 1.94 bits per heavy atom. The van der Waals surface area contributed by atoms with E-state index in [1.54, 1.807) is 49.6 Å². The second-order valence-corrected chi connectivity index (χ2v) is 10.3. The number of nitrogens with one attached hydrogen (secondary N) is 1. The molecule has 12 nitrogen and oxygen atoms in total. The molecule has 4 aromatic heterocycles. The summed E-state index contributed by atoms with van der Waals surface area (Å²) >= 11 is 5.85. The zero-order chi connectivity index (χ0) is 25.2. The predicted octanol–water partition coefficient (Wildman–Crippen LogP) is 3.07. The van der Waals surface area contributed by atoms with E-state index in [1.807, 2.05) is 0 Å². The van der Waals surface area contributed by atoms with Gasteiger partial charge in [0.15, 0.2) is 11.6 Å². The summed E-state index contributed by atoms with van der Waals surface area (Å²) in [5.41, 5.74) is 1.12. The molecule has 0 amide bonds. The summed E-state index contributed by atoms with van der Waals surface area (Å²) in [7, 11) is -2.44. The molecule has 0 unspecified atom stereocenters. The van der Waals surface area contributed by atoms with E-state index in [2.05, 4.69) is 35.0 Å². The number of sulfonamides is 1. The largest absolute Gasteiger partial charge is 0.481 e. The molecule has 0 spiro atoms. The average molecular weight is 519 g/mol. The van der Waals surface area contributed by atoms with Gasteiger partial charge in [-0.3, -0.25) is 9.29 Å². The van der Waals surface area contributed by atoms with Crippen molar-refractivity contribution in [2.45, 2.75) is 38.5 Å². The fourth-order valence-corrected chi connectivity index (χ4v) is 4.62. The molecule has 4 rings (SSSR count). The zero-order valence-corrected chi connectivity index (χ0v) is 20.9. The quantitative estimate of drug-likeness (QED) is 0.350. The summed E-state index contributed by atoms with van der Waals surface area (Å²) < 4.78 is 41.2. The van der Waals surface area contributed by atoms with Crippen molar-refractivity contribution < 1.29 is 17.7 Å². The Bertz CT molecular complexity index is 1420. The smallest absolute Gasteiger partial charge is 0.239 e. The number of aromatic nitrogens is 7. The van der Waals surface area contributed by atoms with E-state index in [0.29, 0.717) is 39.7 Å². The van der Waals surface area contributed by atoms with Gasteiger partial charge in [-0.05, 0) is 19.9 Å². The van der Waals surface area contributed by atoms with Gasteiger partial charge in [0.25, 0.3) is 0 Å². The minimum atomic E-state index is -3.94. The molecule has 35 heavy (non-hydrogen) atoms. The number of halogens is 1. The highest BCUT2D eigenvalue weighted by Gasteiger charge is 2.31. The molecular weight excluding hydrogens is 496 g/mol. The molecule has 184 valence electrons. The lowest BCUT2D eigenvalue weighted by Crippen LogP contribution is -2.31. The number of hydrogen-bond donors (Lipinski definition) is 1. The van der Waals surface area contributed by atoms with Crippen LogP contribution >= 0.6 is 11.6 Å². The second-order valence-electron chi connectivity index (χ2n) is 7.83. The van der Waals surface area contributed by atoms with Crippen LogP contribution < -0.4 is 9.46 Å². The van der Waals surface area contributed by atoms with Crippen molar-refractivity contribution in [2.75, 3.05) is 11.8 Å². The fraction of sp³-hybridized carbons (Fsp3) is 0.333. The van der Waals surface area contributed by atoms with Gasteiger partial charge in [-0.2, -0.15) is 0 Å². The molecule has 0 fully saturated rings. The Balaban J connectivity index is 1.68. The highest BCUT2D eigenvalue weighted by molar-refractivity contribution is 7.93. The lowest BCUT2D eigenvalue weighted by atomic mass is 10.1. The van der Waals surface area contributed by atoms with Crippen molar-refractivity contribution >= 4 is 27.6 Å². The summed E-state index contributed by atoms with van der Waals surface area (Å²) in [5.74, 6) is 1.000. The Labute approximate surface area is 206 Å². The van der Waals surface area contributed by atoms with Crippen molar-refractivity contribution in [2.24, 2.45) is 0 Å². The third kappa shape index (κ3) is 5.41. The second kappa shape index (κ2) is 9.96. The average Bonchev–Trinajstić information content (AvgIpc) is 3.44. The summed E-state index contributed by atoms with van der Waals surface area (Å²) in [5, 5.41) is 11.6. The number of methoxy groups -OCH3 is 1. The van der Waals surface area contributed by atoms with E-state index in [-0.39, 0.29) is 12.5 Å². The molecule has 0 saturated carbocycles. The first kappa shape index (κ1) is 24.5. The number of rotatable bonds is 9. The summed E-state index contributed by atoms with van der Waals surface area (Å²) in [6, 6.07) is 6.90. The van der Waals surface area contributed by atoms with Crippen LogP contribution in [0.1, 0.15) is 37.0 Å². The molecule has 0 aliphatic heterocycles. The number of hydrogen-bond acceptors (Lipinski definition) is 10. The lowest BCUT2D eigenvalue weighted by molar-refractivity contribution is 0.373. The van der Waals surface area contributed by atoms with Gasteiger partial charge in [-0.15, -0.1) is 10.2 Å². The molecule has 0 radical (unpaired) electrons. The normalized spacial score (nSPS) is 13.4. The molecule has 1 N–H and O–H groups in total. The number of anilines is 1. The van der Waals surface area contributed by atoms with Crippen LogP contribution in [-0.4, -0.2) is 55.7 Å². The van der Waals surface area contributed by atoms with Crippen molar-refractivity contribution in [3.05, 3.63) is 59.0 Å². The Hall–Kier alpha value is -3.58. The van der Waals surface area contributed by atoms with E-state index in [1.165, 1.54) is 19.5 Å². The van der Waals surface area contributed by atoms with Crippen molar-refractivity contribution in [3.8, 4) is 17.4 Å². The Kier molecular flexibility index (Phi) is 6.98. The first-order chi connectivity index (χ1) is 16.7. The standard InChI is InChI=1S/C21H23ClN8O4S/c1-12-8-16(34-28-12)11-30-20(17-6-5-7-18(25-17)33-4)26-27-21(30)29-35(31,32)14(3)13(2)19-23-9-15(22)10-24-19/h5-10,13-14H,11H2,1-4H3,(H,27,29)/t13-,14-/m0/s1. The van der Waals surface area contributed by atoms with Crippen molar-refractivity contribution in [1.29, 1.82) is 0 Å². The summed E-state index contributed by atoms with van der Waals surface area (Å²) in [4.78, 5) is 12.7.